The Kier molecular flexibility index (Phi) is 5.07. The summed E-state index contributed by atoms with van der Waals surface area (Å²) >= 11 is 3.06. The van der Waals surface area contributed by atoms with Crippen molar-refractivity contribution in [2.24, 2.45) is 0 Å². The molecule has 0 amide bonds. The van der Waals surface area contributed by atoms with Gasteiger partial charge in [0.2, 0.25) is 0 Å². The van der Waals surface area contributed by atoms with E-state index in [9.17, 15) is 18.3 Å². The van der Waals surface area contributed by atoms with Gasteiger partial charge in [-0.15, -0.1) is 13.2 Å². The fourth-order valence-corrected chi connectivity index (χ4v) is 1.16. The van der Waals surface area contributed by atoms with E-state index in [1.54, 1.807) is 0 Å². The Bertz CT molecular complexity index is 340. The summed E-state index contributed by atoms with van der Waals surface area (Å²) in [5, 5.41) is 9.54. The third-order valence-corrected chi connectivity index (χ3v) is 2.43. The average Bonchev–Trinajstić information content (AvgIpc) is 2.25. The van der Waals surface area contributed by atoms with Crippen LogP contribution in [0.1, 0.15) is 0 Å². The van der Waals surface area contributed by atoms with Crippen LogP contribution in [0.2, 0.25) is 0 Å². The summed E-state index contributed by atoms with van der Waals surface area (Å²) in [7, 11) is 0. The first-order valence-corrected chi connectivity index (χ1v) is 5.75. The standard InChI is InChI=1S/C10H10BrF3O3/c11-5-7(15)6-16-8-1-3-9(4-2-8)17-10(12,13)14/h1-4,7,15H,5-6H2. The largest absolute Gasteiger partial charge is 0.573 e. The summed E-state index contributed by atoms with van der Waals surface area (Å²) in [6.07, 6.45) is -5.37. The Morgan fingerprint density at radius 3 is 2.18 bits per heavy atom. The van der Waals surface area contributed by atoms with Gasteiger partial charge in [0.25, 0.3) is 0 Å². The maximum atomic E-state index is 11.8. The summed E-state index contributed by atoms with van der Waals surface area (Å²) in [5.74, 6) is 0.0467. The minimum Gasteiger partial charge on any atom is -0.491 e. The predicted octanol–water partition coefficient (Wildman–Crippen LogP) is 2.72. The fourth-order valence-electron chi connectivity index (χ4n) is 0.975. The number of rotatable bonds is 5. The molecule has 0 aliphatic rings. The molecular weight excluding hydrogens is 305 g/mol. The number of aliphatic hydroxyl groups is 1. The second-order valence-corrected chi connectivity index (χ2v) is 3.79. The van der Waals surface area contributed by atoms with E-state index in [2.05, 4.69) is 20.7 Å². The van der Waals surface area contributed by atoms with Gasteiger partial charge in [0, 0.05) is 5.33 Å². The second-order valence-electron chi connectivity index (χ2n) is 3.14. The van der Waals surface area contributed by atoms with Crippen LogP contribution >= 0.6 is 15.9 Å². The zero-order chi connectivity index (χ0) is 12.9. The van der Waals surface area contributed by atoms with Crippen LogP contribution in [0.3, 0.4) is 0 Å². The van der Waals surface area contributed by atoms with E-state index in [-0.39, 0.29) is 12.4 Å². The van der Waals surface area contributed by atoms with Crippen LogP contribution < -0.4 is 9.47 Å². The number of alkyl halides is 4. The number of halogens is 4. The summed E-state index contributed by atoms with van der Waals surface area (Å²) in [4.78, 5) is 0. The second kappa shape index (κ2) is 6.11. The molecule has 1 aromatic carbocycles. The van der Waals surface area contributed by atoms with Crippen LogP contribution in [0.4, 0.5) is 13.2 Å². The molecule has 1 unspecified atom stereocenters. The van der Waals surface area contributed by atoms with Gasteiger partial charge in [0.15, 0.2) is 0 Å². The van der Waals surface area contributed by atoms with E-state index < -0.39 is 12.5 Å². The lowest BCUT2D eigenvalue weighted by molar-refractivity contribution is -0.274. The highest BCUT2D eigenvalue weighted by molar-refractivity contribution is 9.09. The van der Waals surface area contributed by atoms with Crippen LogP contribution in [-0.4, -0.2) is 29.5 Å². The van der Waals surface area contributed by atoms with Crippen LogP contribution in [-0.2, 0) is 0 Å². The first-order valence-electron chi connectivity index (χ1n) is 4.63. The molecule has 0 saturated heterocycles. The minimum atomic E-state index is -4.70. The maximum absolute atomic E-state index is 11.8. The van der Waals surface area contributed by atoms with Crippen molar-refractivity contribution in [2.75, 3.05) is 11.9 Å². The van der Waals surface area contributed by atoms with Gasteiger partial charge < -0.3 is 14.6 Å². The lowest BCUT2D eigenvalue weighted by atomic mass is 10.3. The molecule has 0 saturated carbocycles. The van der Waals surface area contributed by atoms with Crippen LogP contribution in [0.25, 0.3) is 0 Å². The fraction of sp³-hybridized carbons (Fsp3) is 0.400. The molecule has 0 aliphatic heterocycles. The highest BCUT2D eigenvalue weighted by Gasteiger charge is 2.30. The Hall–Kier alpha value is -0.950. The van der Waals surface area contributed by atoms with Crippen molar-refractivity contribution in [3.05, 3.63) is 24.3 Å². The van der Waals surface area contributed by atoms with Gasteiger partial charge in [0.05, 0.1) is 6.10 Å². The number of hydrogen-bond donors (Lipinski definition) is 1. The molecule has 0 heterocycles. The van der Waals surface area contributed by atoms with Crippen molar-refractivity contribution < 1.29 is 27.8 Å². The van der Waals surface area contributed by atoms with E-state index in [1.165, 1.54) is 12.1 Å². The normalized spacial score (nSPS) is 13.2. The summed E-state index contributed by atoms with van der Waals surface area (Å²) in [6.45, 7) is 0.0602. The Balaban J connectivity index is 2.50. The summed E-state index contributed by atoms with van der Waals surface area (Å²) < 4.78 is 44.4. The Labute approximate surface area is 104 Å². The molecule has 1 rings (SSSR count). The van der Waals surface area contributed by atoms with E-state index in [0.29, 0.717) is 11.1 Å². The number of hydrogen-bond acceptors (Lipinski definition) is 3. The topological polar surface area (TPSA) is 38.7 Å². The number of benzene rings is 1. The predicted molar refractivity (Wildman–Crippen MR) is 58.4 cm³/mol. The average molecular weight is 315 g/mol. The third kappa shape index (κ3) is 5.78. The van der Waals surface area contributed by atoms with E-state index in [0.717, 1.165) is 12.1 Å². The molecule has 17 heavy (non-hydrogen) atoms. The SMILES string of the molecule is OC(CBr)COc1ccc(OC(F)(F)F)cc1. The van der Waals surface area contributed by atoms with Gasteiger partial charge in [-0.05, 0) is 24.3 Å². The van der Waals surface area contributed by atoms with Gasteiger partial charge in [-0.1, -0.05) is 15.9 Å². The van der Waals surface area contributed by atoms with Crippen molar-refractivity contribution >= 4 is 15.9 Å². The molecule has 0 aromatic heterocycles. The molecule has 3 nitrogen and oxygen atoms in total. The molecule has 1 N–H and O–H groups in total. The smallest absolute Gasteiger partial charge is 0.491 e. The molecule has 0 fully saturated rings. The zero-order valence-electron chi connectivity index (χ0n) is 8.58. The molecule has 0 aliphatic carbocycles. The lowest BCUT2D eigenvalue weighted by Crippen LogP contribution is -2.18. The quantitative estimate of drug-likeness (QED) is 0.849. The van der Waals surface area contributed by atoms with Crippen molar-refractivity contribution in [3.8, 4) is 11.5 Å². The third-order valence-electron chi connectivity index (χ3n) is 1.68. The molecule has 0 radical (unpaired) electrons. The molecule has 0 bridgehead atoms. The van der Waals surface area contributed by atoms with Crippen molar-refractivity contribution in [2.45, 2.75) is 12.5 Å². The Morgan fingerprint density at radius 1 is 1.18 bits per heavy atom. The minimum absolute atomic E-state index is 0.0602. The molecule has 1 aromatic rings. The van der Waals surface area contributed by atoms with Crippen LogP contribution in [0.15, 0.2) is 24.3 Å². The first-order chi connectivity index (χ1) is 7.90. The van der Waals surface area contributed by atoms with Crippen molar-refractivity contribution in [1.82, 2.24) is 0 Å². The number of aliphatic hydroxyl groups excluding tert-OH is 1. The van der Waals surface area contributed by atoms with Gasteiger partial charge in [-0.25, -0.2) is 0 Å². The van der Waals surface area contributed by atoms with Crippen LogP contribution in [0, 0.1) is 0 Å². The Morgan fingerprint density at radius 2 is 1.71 bits per heavy atom. The van der Waals surface area contributed by atoms with Crippen LogP contribution in [0.5, 0.6) is 11.5 Å². The molecule has 96 valence electrons. The molecule has 1 atom stereocenters. The van der Waals surface area contributed by atoms with E-state index >= 15 is 0 Å². The van der Waals surface area contributed by atoms with Gasteiger partial charge >= 0.3 is 6.36 Å². The lowest BCUT2D eigenvalue weighted by Gasteiger charge is -2.11. The van der Waals surface area contributed by atoms with E-state index in [1.807, 2.05) is 0 Å². The van der Waals surface area contributed by atoms with Gasteiger partial charge in [-0.3, -0.25) is 0 Å². The maximum Gasteiger partial charge on any atom is 0.573 e. The molecular formula is C10H10BrF3O3. The van der Waals surface area contributed by atoms with Gasteiger partial charge in [0.1, 0.15) is 18.1 Å². The van der Waals surface area contributed by atoms with Crippen molar-refractivity contribution in [1.29, 1.82) is 0 Å². The summed E-state index contributed by atoms with van der Waals surface area (Å²) in [5.41, 5.74) is 0. The van der Waals surface area contributed by atoms with Crippen molar-refractivity contribution in [3.63, 3.8) is 0 Å². The first kappa shape index (κ1) is 14.1. The highest BCUT2D eigenvalue weighted by Crippen LogP contribution is 2.24. The summed E-state index contributed by atoms with van der Waals surface area (Å²) in [6, 6.07) is 4.96. The monoisotopic (exact) mass is 314 g/mol. The van der Waals surface area contributed by atoms with E-state index in [4.69, 9.17) is 4.74 Å². The molecule has 7 heteroatoms. The van der Waals surface area contributed by atoms with Gasteiger partial charge in [-0.2, -0.15) is 0 Å². The number of ether oxygens (including phenoxy) is 2. The molecule has 0 spiro atoms. The highest BCUT2D eigenvalue weighted by atomic mass is 79.9. The zero-order valence-corrected chi connectivity index (χ0v) is 10.2.